The molecular weight excluding hydrogens is 330 g/mol. The Hall–Kier alpha value is -0.550. The van der Waals surface area contributed by atoms with Gasteiger partial charge < -0.3 is 4.74 Å². The van der Waals surface area contributed by atoms with Gasteiger partial charge in [0.2, 0.25) is 0 Å². The van der Waals surface area contributed by atoms with E-state index in [1.54, 1.807) is 0 Å². The third-order valence-electron chi connectivity index (χ3n) is 7.19. The van der Waals surface area contributed by atoms with E-state index in [0.29, 0.717) is 6.10 Å². The van der Waals surface area contributed by atoms with Crippen molar-refractivity contribution in [3.63, 3.8) is 0 Å². The van der Waals surface area contributed by atoms with Crippen molar-refractivity contribution in [2.75, 3.05) is 6.61 Å². The lowest BCUT2D eigenvalue weighted by Gasteiger charge is -2.32. The van der Waals surface area contributed by atoms with Gasteiger partial charge in [-0.15, -0.1) is 0 Å². The molecular formula is C25H45NO. The van der Waals surface area contributed by atoms with E-state index in [9.17, 15) is 0 Å². The third-order valence-corrected chi connectivity index (χ3v) is 7.19. The molecule has 2 aliphatic carbocycles. The minimum Gasteiger partial charge on any atom is -0.378 e. The first-order valence-corrected chi connectivity index (χ1v) is 12.3. The van der Waals surface area contributed by atoms with Crippen LogP contribution >= 0.6 is 0 Å². The van der Waals surface area contributed by atoms with Crippen molar-refractivity contribution in [1.29, 1.82) is 5.26 Å². The Morgan fingerprint density at radius 3 is 1.89 bits per heavy atom. The van der Waals surface area contributed by atoms with Gasteiger partial charge in [0.1, 0.15) is 0 Å². The molecule has 2 heteroatoms. The Morgan fingerprint density at radius 1 is 0.704 bits per heavy atom. The van der Waals surface area contributed by atoms with Crippen LogP contribution in [-0.2, 0) is 4.74 Å². The summed E-state index contributed by atoms with van der Waals surface area (Å²) in [5.41, 5.74) is 0. The molecule has 2 aliphatic rings. The van der Waals surface area contributed by atoms with Crippen LogP contribution in [0.4, 0.5) is 0 Å². The first-order valence-electron chi connectivity index (χ1n) is 12.3. The number of nitrogens with zero attached hydrogens (tertiary/aromatic N) is 1. The van der Waals surface area contributed by atoms with Crippen molar-refractivity contribution in [3.8, 4) is 6.07 Å². The summed E-state index contributed by atoms with van der Waals surface area (Å²) in [7, 11) is 0. The number of hydrogen-bond acceptors (Lipinski definition) is 2. The molecule has 2 saturated carbocycles. The lowest BCUT2D eigenvalue weighted by Crippen LogP contribution is -2.26. The van der Waals surface area contributed by atoms with Crippen molar-refractivity contribution in [1.82, 2.24) is 0 Å². The summed E-state index contributed by atoms with van der Waals surface area (Å²) >= 11 is 0. The topological polar surface area (TPSA) is 33.0 Å². The zero-order valence-electron chi connectivity index (χ0n) is 18.1. The molecule has 0 saturated heterocycles. The van der Waals surface area contributed by atoms with E-state index in [1.807, 2.05) is 0 Å². The number of nitriles is 1. The fourth-order valence-corrected chi connectivity index (χ4v) is 5.22. The van der Waals surface area contributed by atoms with Gasteiger partial charge in [-0.2, -0.15) is 5.26 Å². The summed E-state index contributed by atoms with van der Waals surface area (Å²) in [6.45, 7) is 3.33. The van der Waals surface area contributed by atoms with Gasteiger partial charge in [0.15, 0.2) is 0 Å². The van der Waals surface area contributed by atoms with Gasteiger partial charge in [0.05, 0.1) is 12.2 Å². The molecule has 0 aliphatic heterocycles. The fourth-order valence-electron chi connectivity index (χ4n) is 5.22. The maximum atomic E-state index is 8.62. The average molecular weight is 376 g/mol. The second kappa shape index (κ2) is 14.4. The second-order valence-corrected chi connectivity index (χ2v) is 9.47. The van der Waals surface area contributed by atoms with Gasteiger partial charge in [0, 0.05) is 13.0 Å². The SMILES string of the molecule is CCCCCCCC1CCC(COC2CCC(CCCCC#N)CC2)CC1. The fraction of sp³-hybridized carbons (Fsp3) is 0.960. The average Bonchev–Trinajstić information content (AvgIpc) is 2.71. The molecule has 156 valence electrons. The Balaban J connectivity index is 1.46. The molecule has 0 heterocycles. The summed E-state index contributed by atoms with van der Waals surface area (Å²) in [4.78, 5) is 0. The smallest absolute Gasteiger partial charge is 0.0621 e. The summed E-state index contributed by atoms with van der Waals surface area (Å²) in [6, 6.07) is 2.26. The van der Waals surface area contributed by atoms with Gasteiger partial charge in [-0.25, -0.2) is 0 Å². The van der Waals surface area contributed by atoms with Gasteiger partial charge in [-0.3, -0.25) is 0 Å². The Labute approximate surface area is 169 Å². The molecule has 2 fully saturated rings. The Kier molecular flexibility index (Phi) is 12.2. The zero-order valence-corrected chi connectivity index (χ0v) is 18.1. The summed E-state index contributed by atoms with van der Waals surface area (Å²) in [5, 5.41) is 8.62. The normalized spacial score (nSPS) is 28.7. The summed E-state index contributed by atoms with van der Waals surface area (Å²) < 4.78 is 6.33. The van der Waals surface area contributed by atoms with E-state index in [1.165, 1.54) is 103 Å². The van der Waals surface area contributed by atoms with E-state index in [4.69, 9.17) is 10.00 Å². The van der Waals surface area contributed by atoms with Gasteiger partial charge in [0.25, 0.3) is 0 Å². The van der Waals surface area contributed by atoms with Crippen molar-refractivity contribution in [2.45, 2.75) is 129 Å². The molecule has 0 bridgehead atoms. The highest BCUT2D eigenvalue weighted by molar-refractivity contribution is 4.76. The van der Waals surface area contributed by atoms with E-state index < -0.39 is 0 Å². The molecule has 2 rings (SSSR count). The van der Waals surface area contributed by atoms with Crippen LogP contribution in [0.1, 0.15) is 122 Å². The van der Waals surface area contributed by atoms with Crippen molar-refractivity contribution in [3.05, 3.63) is 0 Å². The maximum Gasteiger partial charge on any atom is 0.0621 e. The van der Waals surface area contributed by atoms with Crippen LogP contribution in [0.2, 0.25) is 0 Å². The largest absolute Gasteiger partial charge is 0.378 e. The van der Waals surface area contributed by atoms with E-state index in [2.05, 4.69) is 13.0 Å². The highest BCUT2D eigenvalue weighted by Gasteiger charge is 2.25. The molecule has 0 aromatic carbocycles. The molecule has 0 radical (unpaired) electrons. The van der Waals surface area contributed by atoms with Crippen LogP contribution in [0.5, 0.6) is 0 Å². The van der Waals surface area contributed by atoms with Gasteiger partial charge >= 0.3 is 0 Å². The highest BCUT2D eigenvalue weighted by atomic mass is 16.5. The molecule has 0 amide bonds. The van der Waals surface area contributed by atoms with E-state index >= 15 is 0 Å². The van der Waals surface area contributed by atoms with Crippen molar-refractivity contribution < 1.29 is 4.74 Å². The monoisotopic (exact) mass is 375 g/mol. The molecule has 0 spiro atoms. The van der Waals surface area contributed by atoms with Crippen LogP contribution in [0.25, 0.3) is 0 Å². The van der Waals surface area contributed by atoms with Crippen LogP contribution in [-0.4, -0.2) is 12.7 Å². The second-order valence-electron chi connectivity index (χ2n) is 9.47. The molecule has 0 atom stereocenters. The number of rotatable bonds is 13. The van der Waals surface area contributed by atoms with E-state index in [0.717, 1.165) is 37.2 Å². The Morgan fingerprint density at radius 2 is 1.26 bits per heavy atom. The quantitative estimate of drug-likeness (QED) is 0.307. The number of unbranched alkanes of at least 4 members (excludes halogenated alkanes) is 6. The standard InChI is InChI=1S/C25H45NO/c1-2-3-4-5-7-10-22-12-14-24(15-13-22)21-27-25-18-16-23(17-19-25)11-8-6-9-20-26/h22-25H,2-19,21H2,1H3. The molecule has 27 heavy (non-hydrogen) atoms. The molecule has 2 nitrogen and oxygen atoms in total. The zero-order chi connectivity index (χ0) is 19.2. The van der Waals surface area contributed by atoms with E-state index in [-0.39, 0.29) is 0 Å². The highest BCUT2D eigenvalue weighted by Crippen LogP contribution is 2.34. The minimum atomic E-state index is 0.539. The minimum absolute atomic E-state index is 0.539. The van der Waals surface area contributed by atoms with Crippen LogP contribution < -0.4 is 0 Å². The summed E-state index contributed by atoms with van der Waals surface area (Å²) in [5.74, 6) is 2.75. The van der Waals surface area contributed by atoms with Gasteiger partial charge in [-0.1, -0.05) is 71.1 Å². The first kappa shape index (κ1) is 22.7. The lowest BCUT2D eigenvalue weighted by molar-refractivity contribution is -0.0104. The maximum absolute atomic E-state index is 8.62. The first-order chi connectivity index (χ1) is 13.3. The van der Waals surface area contributed by atoms with Crippen LogP contribution in [0.3, 0.4) is 0 Å². The predicted octanol–water partition coefficient (Wildman–Crippen LogP) is 7.81. The number of hydrogen-bond donors (Lipinski definition) is 0. The lowest BCUT2D eigenvalue weighted by atomic mass is 9.80. The molecule has 0 aromatic heterocycles. The number of ether oxygens (including phenoxy) is 1. The van der Waals surface area contributed by atoms with Crippen molar-refractivity contribution >= 4 is 0 Å². The Bertz CT molecular complexity index is 386. The predicted molar refractivity (Wildman–Crippen MR) is 115 cm³/mol. The summed E-state index contributed by atoms with van der Waals surface area (Å²) in [6.07, 6.45) is 24.5. The van der Waals surface area contributed by atoms with Crippen LogP contribution in [0, 0.1) is 29.1 Å². The van der Waals surface area contributed by atoms with Crippen molar-refractivity contribution in [2.24, 2.45) is 17.8 Å². The molecule has 0 unspecified atom stereocenters. The third kappa shape index (κ3) is 9.98. The van der Waals surface area contributed by atoms with Gasteiger partial charge in [-0.05, 0) is 62.7 Å². The molecule has 0 N–H and O–H groups in total. The van der Waals surface area contributed by atoms with Crippen LogP contribution in [0.15, 0.2) is 0 Å². The molecule has 0 aromatic rings.